The van der Waals surface area contributed by atoms with Crippen molar-refractivity contribution in [3.8, 4) is 11.5 Å². The first-order valence-electron chi connectivity index (χ1n) is 9.97. The molecule has 2 aromatic carbocycles. The van der Waals surface area contributed by atoms with Crippen LogP contribution in [0.3, 0.4) is 0 Å². The van der Waals surface area contributed by atoms with Gasteiger partial charge in [0.15, 0.2) is 11.5 Å². The fourth-order valence-corrected chi connectivity index (χ4v) is 2.95. The van der Waals surface area contributed by atoms with Gasteiger partial charge in [0.1, 0.15) is 6.61 Å². The molecule has 166 valence electrons. The molecule has 1 amide bonds. The van der Waals surface area contributed by atoms with Crippen molar-refractivity contribution in [3.63, 3.8) is 0 Å². The smallest absolute Gasteiger partial charge is 0.338 e. The third-order valence-corrected chi connectivity index (χ3v) is 4.75. The van der Waals surface area contributed by atoms with Crippen molar-refractivity contribution in [2.45, 2.75) is 13.8 Å². The lowest BCUT2D eigenvalue weighted by Crippen LogP contribution is -2.27. The van der Waals surface area contributed by atoms with E-state index >= 15 is 0 Å². The minimum Gasteiger partial charge on any atom is -0.461 e. The van der Waals surface area contributed by atoms with Crippen molar-refractivity contribution in [3.05, 3.63) is 59.7 Å². The molecule has 3 rings (SSSR count). The maximum Gasteiger partial charge on any atom is 0.338 e. The largest absolute Gasteiger partial charge is 0.461 e. The second-order valence-electron chi connectivity index (χ2n) is 6.68. The molecule has 0 radical (unpaired) electrons. The summed E-state index contributed by atoms with van der Waals surface area (Å²) < 4.78 is 15.9. The minimum atomic E-state index is -0.372. The summed E-state index contributed by atoms with van der Waals surface area (Å²) in [5.74, 6) is 0.713. The number of amides is 1. The molecule has 1 heterocycles. The Labute approximate surface area is 188 Å². The molecule has 0 unspecified atom stereocenters. The molecule has 0 aliphatic carbocycles. The fraction of sp³-hybridized carbons (Fsp3) is 0.304. The molecular formula is C23H27ClN2O5. The van der Waals surface area contributed by atoms with Gasteiger partial charge < -0.3 is 24.4 Å². The van der Waals surface area contributed by atoms with Crippen LogP contribution < -0.4 is 14.8 Å². The molecule has 1 aliphatic heterocycles. The molecule has 0 atom stereocenters. The van der Waals surface area contributed by atoms with Crippen LogP contribution in [0, 0.1) is 0 Å². The van der Waals surface area contributed by atoms with Crippen LogP contribution in [0.1, 0.15) is 29.8 Å². The van der Waals surface area contributed by atoms with E-state index in [-0.39, 0.29) is 31.1 Å². The van der Waals surface area contributed by atoms with Gasteiger partial charge in [-0.25, -0.2) is 4.79 Å². The molecule has 0 spiro atoms. The van der Waals surface area contributed by atoms with Gasteiger partial charge >= 0.3 is 5.97 Å². The van der Waals surface area contributed by atoms with E-state index in [0.717, 1.165) is 18.7 Å². The predicted octanol–water partition coefficient (Wildman–Crippen LogP) is 3.99. The van der Waals surface area contributed by atoms with Crippen LogP contribution in [0.25, 0.3) is 6.08 Å². The maximum absolute atomic E-state index is 12.2. The van der Waals surface area contributed by atoms with Crippen LogP contribution in [0.4, 0.5) is 5.69 Å². The molecule has 0 fully saturated rings. The number of benzene rings is 2. The zero-order valence-corrected chi connectivity index (χ0v) is 18.4. The van der Waals surface area contributed by atoms with Crippen molar-refractivity contribution >= 4 is 36.0 Å². The van der Waals surface area contributed by atoms with Crippen molar-refractivity contribution in [2.75, 3.05) is 38.4 Å². The lowest BCUT2D eigenvalue weighted by atomic mass is 10.2. The average Bonchev–Trinajstić information content (AvgIpc) is 3.23. The Kier molecular flexibility index (Phi) is 9.37. The lowest BCUT2D eigenvalue weighted by molar-refractivity contribution is -0.111. The Morgan fingerprint density at radius 2 is 1.77 bits per heavy atom. The van der Waals surface area contributed by atoms with Gasteiger partial charge in [0.25, 0.3) is 0 Å². The first-order chi connectivity index (χ1) is 14.6. The second-order valence-corrected chi connectivity index (χ2v) is 6.68. The molecule has 8 heteroatoms. The summed E-state index contributed by atoms with van der Waals surface area (Å²) in [6.07, 6.45) is 3.13. The highest BCUT2D eigenvalue weighted by atomic mass is 35.5. The molecule has 1 N–H and O–H groups in total. The summed E-state index contributed by atoms with van der Waals surface area (Å²) in [4.78, 5) is 26.5. The van der Waals surface area contributed by atoms with Gasteiger partial charge in [-0.3, -0.25) is 4.79 Å². The third-order valence-electron chi connectivity index (χ3n) is 4.75. The first-order valence-corrected chi connectivity index (χ1v) is 9.97. The maximum atomic E-state index is 12.2. The number of carbonyl (C=O) groups excluding carboxylic acids is 2. The van der Waals surface area contributed by atoms with E-state index in [1.807, 2.05) is 12.1 Å². The zero-order valence-electron chi connectivity index (χ0n) is 17.6. The third kappa shape index (κ3) is 7.01. The number of esters is 1. The molecule has 0 bridgehead atoms. The van der Waals surface area contributed by atoms with Gasteiger partial charge in [-0.05, 0) is 61.1 Å². The number of likely N-dealkylation sites (N-methyl/N-ethyl adjacent to an activating group) is 1. The standard InChI is InChI=1S/C23H26N2O5.ClH/c1-3-25(4-2)13-14-28-23(27)18-7-9-19(10-8-18)24-22(26)12-6-17-5-11-20-21(15-17)30-16-29-20;/h5-12,15H,3-4,13-14,16H2,1-2H3,(H,24,26);1H/b12-6+;. The average molecular weight is 447 g/mol. The molecule has 31 heavy (non-hydrogen) atoms. The highest BCUT2D eigenvalue weighted by Gasteiger charge is 2.12. The molecule has 2 aromatic rings. The number of anilines is 1. The van der Waals surface area contributed by atoms with Crippen molar-refractivity contribution in [1.29, 1.82) is 0 Å². The summed E-state index contributed by atoms with van der Waals surface area (Å²) in [6.45, 7) is 7.26. The topological polar surface area (TPSA) is 77.1 Å². The minimum absolute atomic E-state index is 0. The summed E-state index contributed by atoms with van der Waals surface area (Å²) in [6, 6.07) is 12.1. The van der Waals surface area contributed by atoms with E-state index in [9.17, 15) is 9.59 Å². The van der Waals surface area contributed by atoms with Crippen LogP contribution in [-0.2, 0) is 9.53 Å². The number of rotatable bonds is 9. The van der Waals surface area contributed by atoms with Gasteiger partial charge in [0.05, 0.1) is 5.56 Å². The fourth-order valence-electron chi connectivity index (χ4n) is 2.95. The Hall–Kier alpha value is -3.03. The number of hydrogen-bond donors (Lipinski definition) is 1. The second kappa shape index (κ2) is 12.0. The van der Waals surface area contributed by atoms with Gasteiger partial charge in [0, 0.05) is 18.3 Å². The first kappa shape index (κ1) is 24.2. The van der Waals surface area contributed by atoms with Gasteiger partial charge in [-0.1, -0.05) is 19.9 Å². The Bertz CT molecular complexity index is 911. The summed E-state index contributed by atoms with van der Waals surface area (Å²) in [5, 5.41) is 2.76. The van der Waals surface area contributed by atoms with Crippen molar-refractivity contribution in [2.24, 2.45) is 0 Å². The monoisotopic (exact) mass is 446 g/mol. The van der Waals surface area contributed by atoms with Gasteiger partial charge in [-0.15, -0.1) is 12.4 Å². The summed E-state index contributed by atoms with van der Waals surface area (Å²) in [5.41, 5.74) is 1.87. The number of fused-ring (bicyclic) bond motifs is 1. The van der Waals surface area contributed by atoms with Crippen LogP contribution in [0.2, 0.25) is 0 Å². The zero-order chi connectivity index (χ0) is 21.3. The van der Waals surface area contributed by atoms with E-state index in [0.29, 0.717) is 35.9 Å². The van der Waals surface area contributed by atoms with E-state index in [4.69, 9.17) is 14.2 Å². The number of ether oxygens (including phenoxy) is 3. The van der Waals surface area contributed by atoms with Crippen LogP contribution >= 0.6 is 12.4 Å². The number of nitrogens with zero attached hydrogens (tertiary/aromatic N) is 1. The number of hydrogen-bond acceptors (Lipinski definition) is 6. The van der Waals surface area contributed by atoms with Crippen LogP contribution in [-0.4, -0.2) is 49.8 Å². The molecule has 1 aliphatic rings. The van der Waals surface area contributed by atoms with Gasteiger partial charge in [0.2, 0.25) is 12.7 Å². The Morgan fingerprint density at radius 1 is 1.06 bits per heavy atom. The SMILES string of the molecule is CCN(CC)CCOC(=O)c1ccc(NC(=O)/C=C/c2ccc3c(c2)OCO3)cc1.Cl. The van der Waals surface area contributed by atoms with E-state index < -0.39 is 0 Å². The molecule has 7 nitrogen and oxygen atoms in total. The Balaban J connectivity index is 0.00000341. The number of nitrogens with one attached hydrogen (secondary N) is 1. The van der Waals surface area contributed by atoms with Crippen molar-refractivity contribution in [1.82, 2.24) is 4.90 Å². The van der Waals surface area contributed by atoms with Gasteiger partial charge in [-0.2, -0.15) is 0 Å². The Morgan fingerprint density at radius 3 is 2.48 bits per heavy atom. The van der Waals surface area contributed by atoms with E-state index in [2.05, 4.69) is 24.1 Å². The van der Waals surface area contributed by atoms with E-state index in [1.165, 1.54) is 6.08 Å². The lowest BCUT2D eigenvalue weighted by Gasteiger charge is -2.17. The highest BCUT2D eigenvalue weighted by Crippen LogP contribution is 2.32. The summed E-state index contributed by atoms with van der Waals surface area (Å²) in [7, 11) is 0. The molecule has 0 saturated carbocycles. The number of halogens is 1. The highest BCUT2D eigenvalue weighted by molar-refractivity contribution is 6.02. The number of carbonyl (C=O) groups is 2. The van der Waals surface area contributed by atoms with E-state index in [1.54, 1.807) is 36.4 Å². The molecular weight excluding hydrogens is 420 g/mol. The van der Waals surface area contributed by atoms with Crippen LogP contribution in [0.15, 0.2) is 48.5 Å². The normalized spacial score (nSPS) is 12.0. The molecule has 0 aromatic heterocycles. The predicted molar refractivity (Wildman–Crippen MR) is 122 cm³/mol. The van der Waals surface area contributed by atoms with Crippen molar-refractivity contribution < 1.29 is 23.8 Å². The quantitative estimate of drug-likeness (QED) is 0.463. The van der Waals surface area contributed by atoms with Crippen LogP contribution in [0.5, 0.6) is 11.5 Å². The summed E-state index contributed by atoms with van der Waals surface area (Å²) >= 11 is 0. The molecule has 0 saturated heterocycles.